The molecule has 0 amide bonds. The fraction of sp³-hybridized carbons (Fsp3) is 0.233. The van der Waals surface area contributed by atoms with Gasteiger partial charge in [0.05, 0.1) is 10.9 Å². The number of aromatic nitrogens is 2. The number of hydrogen-bond donors (Lipinski definition) is 1. The highest BCUT2D eigenvalue weighted by Crippen LogP contribution is 2.39. The van der Waals surface area contributed by atoms with Crippen molar-refractivity contribution in [2.45, 2.75) is 45.1 Å². The fourth-order valence-electron chi connectivity index (χ4n) is 5.89. The van der Waals surface area contributed by atoms with E-state index in [2.05, 4.69) is 19.7 Å². The van der Waals surface area contributed by atoms with Crippen LogP contribution < -0.4 is 9.61 Å². The van der Waals surface area contributed by atoms with Gasteiger partial charge in [-0.1, -0.05) is 47.8 Å². The first-order chi connectivity index (χ1) is 18.3. The van der Waals surface area contributed by atoms with Crippen LogP contribution in [0.1, 0.15) is 49.8 Å². The lowest BCUT2D eigenvalue weighted by molar-refractivity contribution is 0.440. The van der Waals surface area contributed by atoms with Crippen LogP contribution in [-0.4, -0.2) is 18.0 Å². The second-order valence-corrected chi connectivity index (χ2v) is 10.7. The third kappa shape index (κ3) is 4.04. The first-order valence-corrected chi connectivity index (χ1v) is 14.0. The molecule has 6 nitrogen and oxygen atoms in total. The van der Waals surface area contributed by atoms with E-state index in [4.69, 9.17) is 6.42 Å². The molecule has 2 aromatic heterocycles. The number of terminal acetylenes is 1. The molecule has 5 aromatic rings. The normalized spacial score (nSPS) is 14.4. The van der Waals surface area contributed by atoms with Crippen molar-refractivity contribution in [1.82, 2.24) is 9.55 Å². The molecule has 0 spiro atoms. The molecule has 8 heteroatoms. The van der Waals surface area contributed by atoms with Gasteiger partial charge in [-0.15, -0.1) is 6.42 Å². The van der Waals surface area contributed by atoms with E-state index >= 15 is 0 Å². The lowest BCUT2D eigenvalue weighted by Crippen LogP contribution is -2.15. The summed E-state index contributed by atoms with van der Waals surface area (Å²) in [5.41, 5.74) is 5.50. The summed E-state index contributed by atoms with van der Waals surface area (Å²) in [6.07, 6.45) is 10.5. The minimum atomic E-state index is -5.15. The molecule has 0 atom stereocenters. The second-order valence-electron chi connectivity index (χ2n) is 9.78. The number of hydrogen-bond acceptors (Lipinski definition) is 4. The maximum Gasteiger partial charge on any atom is 0.488 e. The molecule has 1 N–H and O–H groups in total. The molecular weight excluding hydrogens is 503 g/mol. The van der Waals surface area contributed by atoms with Crippen molar-refractivity contribution in [1.29, 1.82) is 0 Å². The number of nitrogens with one attached hydrogen (secondary N) is 1. The van der Waals surface area contributed by atoms with Crippen LogP contribution in [0.4, 0.5) is 3.89 Å². The zero-order valence-electron chi connectivity index (χ0n) is 20.8. The zero-order chi connectivity index (χ0) is 26.6. The van der Waals surface area contributed by atoms with E-state index in [0.29, 0.717) is 22.8 Å². The predicted octanol–water partition coefficient (Wildman–Crippen LogP) is 6.55. The number of aryl methyl sites for hydroxylation is 1. The van der Waals surface area contributed by atoms with Crippen LogP contribution in [0.25, 0.3) is 44.0 Å². The third-order valence-electron chi connectivity index (χ3n) is 7.55. The van der Waals surface area contributed by atoms with E-state index < -0.39 is 10.5 Å². The Balaban J connectivity index is 1.69. The average Bonchev–Trinajstić information content (AvgIpc) is 3.55. The van der Waals surface area contributed by atoms with Crippen molar-refractivity contribution in [2.75, 3.05) is 0 Å². The molecule has 0 bridgehead atoms. The predicted molar refractivity (Wildman–Crippen MR) is 148 cm³/mol. The molecule has 0 aliphatic heterocycles. The van der Waals surface area contributed by atoms with Gasteiger partial charge in [0, 0.05) is 27.9 Å². The molecule has 1 aliphatic rings. The molecule has 2 heterocycles. The highest BCUT2D eigenvalue weighted by Gasteiger charge is 2.25. The number of aromatic amines is 1. The van der Waals surface area contributed by atoms with Gasteiger partial charge in [-0.3, -0.25) is 4.79 Å². The lowest BCUT2D eigenvalue weighted by Gasteiger charge is -2.21. The Bertz CT molecular complexity index is 1960. The van der Waals surface area contributed by atoms with Gasteiger partial charge in [0.15, 0.2) is 5.43 Å². The lowest BCUT2D eigenvalue weighted by atomic mass is 9.94. The highest BCUT2D eigenvalue weighted by atomic mass is 32.3. The van der Waals surface area contributed by atoms with E-state index in [-0.39, 0.29) is 17.2 Å². The monoisotopic (exact) mass is 528 g/mol. The van der Waals surface area contributed by atoms with Crippen LogP contribution in [0.15, 0.2) is 59.4 Å². The number of rotatable bonds is 5. The Morgan fingerprint density at radius 3 is 2.61 bits per heavy atom. The number of nitrogens with zero attached hydrogens (tertiary/aromatic N) is 1. The molecule has 0 radical (unpaired) electrons. The summed E-state index contributed by atoms with van der Waals surface area (Å²) in [4.78, 5) is 17.5. The van der Waals surface area contributed by atoms with Crippen LogP contribution >= 0.6 is 0 Å². The number of H-pyrrole nitrogens is 1. The van der Waals surface area contributed by atoms with Crippen LogP contribution in [0.5, 0.6) is 5.75 Å². The van der Waals surface area contributed by atoms with Gasteiger partial charge in [-0.05, 0) is 72.4 Å². The maximum absolute atomic E-state index is 14.0. The van der Waals surface area contributed by atoms with E-state index in [1.54, 1.807) is 6.07 Å². The van der Waals surface area contributed by atoms with Gasteiger partial charge >= 0.3 is 10.5 Å². The first kappa shape index (κ1) is 24.3. The Morgan fingerprint density at radius 2 is 1.89 bits per heavy atom. The average molecular weight is 529 g/mol. The maximum atomic E-state index is 14.0. The summed E-state index contributed by atoms with van der Waals surface area (Å²) >= 11 is 0. The quantitative estimate of drug-likeness (QED) is 0.207. The molecular formula is C30H25FN2O4S. The van der Waals surface area contributed by atoms with Crippen molar-refractivity contribution in [3.8, 4) is 29.2 Å². The molecule has 3 aromatic carbocycles. The zero-order valence-corrected chi connectivity index (χ0v) is 21.6. The SMILES string of the molecule is C#Cc1ccc2c(c1)[nH]c1c2c(=O)c2cc(CC)c(-c3cccc(OS(=O)(=O)F)c3)cc2n1C1CCCC1. The summed E-state index contributed by atoms with van der Waals surface area (Å²) in [5, 5.41) is 2.13. The molecule has 1 aliphatic carbocycles. The molecule has 192 valence electrons. The summed E-state index contributed by atoms with van der Waals surface area (Å²) in [6.45, 7) is 2.00. The first-order valence-electron chi connectivity index (χ1n) is 12.6. The summed E-state index contributed by atoms with van der Waals surface area (Å²) < 4.78 is 42.1. The van der Waals surface area contributed by atoms with Crippen molar-refractivity contribution in [2.24, 2.45) is 0 Å². The minimum Gasteiger partial charge on any atom is -0.358 e. The molecule has 1 saturated carbocycles. The summed E-state index contributed by atoms with van der Waals surface area (Å²) in [7, 11) is -5.15. The third-order valence-corrected chi connectivity index (χ3v) is 7.94. The fourth-order valence-corrected chi connectivity index (χ4v) is 6.22. The number of fused-ring (bicyclic) bond motifs is 4. The van der Waals surface area contributed by atoms with E-state index in [1.807, 2.05) is 43.3 Å². The summed E-state index contributed by atoms with van der Waals surface area (Å²) in [6, 6.07) is 16.1. The smallest absolute Gasteiger partial charge is 0.358 e. The van der Waals surface area contributed by atoms with Gasteiger partial charge in [0.1, 0.15) is 11.4 Å². The molecule has 0 unspecified atom stereocenters. The summed E-state index contributed by atoms with van der Waals surface area (Å²) in [5.74, 6) is 2.55. The molecule has 1 fully saturated rings. The van der Waals surface area contributed by atoms with Crippen molar-refractivity contribution in [3.63, 3.8) is 0 Å². The van der Waals surface area contributed by atoms with E-state index in [9.17, 15) is 17.1 Å². The Hall–Kier alpha value is -4.09. The van der Waals surface area contributed by atoms with Crippen molar-refractivity contribution < 1.29 is 16.5 Å². The molecule has 6 rings (SSSR count). The largest absolute Gasteiger partial charge is 0.488 e. The Morgan fingerprint density at radius 1 is 1.11 bits per heavy atom. The Labute approximate surface area is 219 Å². The topological polar surface area (TPSA) is 81.2 Å². The van der Waals surface area contributed by atoms with Crippen LogP contribution in [-0.2, 0) is 16.9 Å². The van der Waals surface area contributed by atoms with Crippen LogP contribution in [0.2, 0.25) is 0 Å². The number of pyridine rings is 1. The highest BCUT2D eigenvalue weighted by molar-refractivity contribution is 7.81. The molecule has 0 saturated heterocycles. The van der Waals surface area contributed by atoms with Crippen molar-refractivity contribution >= 4 is 43.3 Å². The number of halogens is 1. The van der Waals surface area contributed by atoms with Gasteiger partial charge in [-0.25, -0.2) is 0 Å². The standard InChI is InChI=1S/C30H25FN2O4S/c1-3-18-12-13-23-26(14-18)32-30-28(23)29(34)25-16-19(4-2)24(17-27(25)33(30)21-9-5-6-10-21)20-8-7-11-22(15-20)37-38(31,35)36/h1,7-8,11-17,21,32H,4-6,9-10H2,2H3. The van der Waals surface area contributed by atoms with Gasteiger partial charge in [0.2, 0.25) is 0 Å². The number of benzene rings is 3. The second kappa shape index (κ2) is 9.03. The van der Waals surface area contributed by atoms with Crippen LogP contribution in [0, 0.1) is 12.3 Å². The van der Waals surface area contributed by atoms with E-state index in [1.165, 1.54) is 12.1 Å². The van der Waals surface area contributed by atoms with Gasteiger partial charge < -0.3 is 13.7 Å². The van der Waals surface area contributed by atoms with Gasteiger partial charge in [0.25, 0.3) is 0 Å². The Kier molecular flexibility index (Phi) is 5.77. The van der Waals surface area contributed by atoms with Crippen molar-refractivity contribution in [3.05, 3.63) is 75.9 Å². The van der Waals surface area contributed by atoms with E-state index in [0.717, 1.165) is 64.4 Å². The molecule has 38 heavy (non-hydrogen) atoms. The van der Waals surface area contributed by atoms with Crippen LogP contribution in [0.3, 0.4) is 0 Å². The minimum absolute atomic E-state index is 0.0502. The van der Waals surface area contributed by atoms with Gasteiger partial charge in [-0.2, -0.15) is 8.42 Å².